The number of anilines is 1. The van der Waals surface area contributed by atoms with Gasteiger partial charge in [-0.15, -0.1) is 11.3 Å². The van der Waals surface area contributed by atoms with Crippen molar-refractivity contribution in [2.45, 2.75) is 19.4 Å². The van der Waals surface area contributed by atoms with Crippen LogP contribution in [0.1, 0.15) is 23.0 Å². The molecule has 6 heteroatoms. The minimum Gasteiger partial charge on any atom is -0.494 e. The Kier molecular flexibility index (Phi) is 4.62. The number of benzene rings is 1. The number of rotatable bonds is 5. The molecule has 1 aliphatic rings. The molecule has 3 rings (SSSR count). The maximum absolute atomic E-state index is 12.2. The Hall–Kier alpha value is -2.34. The largest absolute Gasteiger partial charge is 0.494 e. The first-order valence-electron chi connectivity index (χ1n) is 7.55. The van der Waals surface area contributed by atoms with Crippen LogP contribution < -0.4 is 15.0 Å². The van der Waals surface area contributed by atoms with Crippen molar-refractivity contribution in [2.75, 3.05) is 18.1 Å². The molecular formula is C17H18N2O3S. The smallest absolute Gasteiger partial charge is 0.261 e. The second kappa shape index (κ2) is 6.83. The minimum absolute atomic E-state index is 0.0191. The van der Waals surface area contributed by atoms with Gasteiger partial charge in [0, 0.05) is 18.7 Å². The van der Waals surface area contributed by atoms with Gasteiger partial charge in [0.25, 0.3) is 5.91 Å². The van der Waals surface area contributed by atoms with E-state index in [1.54, 1.807) is 11.0 Å². The topological polar surface area (TPSA) is 58.6 Å². The van der Waals surface area contributed by atoms with E-state index in [2.05, 4.69) is 5.32 Å². The van der Waals surface area contributed by atoms with E-state index in [4.69, 9.17) is 4.74 Å². The Morgan fingerprint density at radius 2 is 2.13 bits per heavy atom. The summed E-state index contributed by atoms with van der Waals surface area (Å²) in [7, 11) is 0. The summed E-state index contributed by atoms with van der Waals surface area (Å²) in [6.07, 6.45) is 0.324. The number of amides is 2. The van der Waals surface area contributed by atoms with Crippen LogP contribution in [0, 0.1) is 0 Å². The van der Waals surface area contributed by atoms with Crippen molar-refractivity contribution in [3.63, 3.8) is 0 Å². The molecule has 2 aromatic rings. The molecule has 2 amide bonds. The third-order valence-electron chi connectivity index (χ3n) is 3.66. The molecule has 23 heavy (non-hydrogen) atoms. The molecule has 1 aromatic carbocycles. The van der Waals surface area contributed by atoms with Crippen molar-refractivity contribution in [1.82, 2.24) is 5.32 Å². The van der Waals surface area contributed by atoms with Crippen LogP contribution in [0.25, 0.3) is 0 Å². The van der Waals surface area contributed by atoms with Crippen LogP contribution in [-0.4, -0.2) is 31.0 Å². The molecule has 1 aromatic heterocycles. The van der Waals surface area contributed by atoms with Gasteiger partial charge in [-0.2, -0.15) is 0 Å². The third-order valence-corrected chi connectivity index (χ3v) is 4.53. The Bertz CT molecular complexity index is 682. The van der Waals surface area contributed by atoms with Gasteiger partial charge in [-0.3, -0.25) is 9.59 Å². The Balaban J connectivity index is 1.64. The molecule has 0 radical (unpaired) electrons. The number of ether oxygens (including phenoxy) is 1. The first-order valence-corrected chi connectivity index (χ1v) is 8.43. The van der Waals surface area contributed by atoms with Crippen LogP contribution in [-0.2, 0) is 4.79 Å². The number of nitrogens with one attached hydrogen (secondary N) is 1. The van der Waals surface area contributed by atoms with Gasteiger partial charge in [-0.1, -0.05) is 6.07 Å². The molecular weight excluding hydrogens is 312 g/mol. The fourth-order valence-electron chi connectivity index (χ4n) is 2.61. The SMILES string of the molecule is CCOc1ccc(N2CC(NC(=O)c3cccs3)CC2=O)cc1. The molecule has 1 N–H and O–H groups in total. The van der Waals surface area contributed by atoms with Crippen molar-refractivity contribution < 1.29 is 14.3 Å². The van der Waals surface area contributed by atoms with E-state index in [9.17, 15) is 9.59 Å². The first-order chi connectivity index (χ1) is 11.2. The highest BCUT2D eigenvalue weighted by Crippen LogP contribution is 2.24. The summed E-state index contributed by atoms with van der Waals surface area (Å²) < 4.78 is 5.41. The molecule has 0 spiro atoms. The lowest BCUT2D eigenvalue weighted by Gasteiger charge is -2.17. The van der Waals surface area contributed by atoms with E-state index >= 15 is 0 Å². The van der Waals surface area contributed by atoms with Crippen LogP contribution in [0.5, 0.6) is 5.75 Å². The van der Waals surface area contributed by atoms with Gasteiger partial charge >= 0.3 is 0 Å². The highest BCUT2D eigenvalue weighted by Gasteiger charge is 2.31. The normalized spacial score (nSPS) is 17.3. The van der Waals surface area contributed by atoms with Crippen molar-refractivity contribution >= 4 is 28.8 Å². The van der Waals surface area contributed by atoms with Crippen LogP contribution in [0.4, 0.5) is 5.69 Å². The van der Waals surface area contributed by atoms with Crippen LogP contribution in [0.15, 0.2) is 41.8 Å². The van der Waals surface area contributed by atoms with E-state index < -0.39 is 0 Å². The monoisotopic (exact) mass is 330 g/mol. The van der Waals surface area contributed by atoms with Crippen LogP contribution in [0.3, 0.4) is 0 Å². The van der Waals surface area contributed by atoms with Gasteiger partial charge in [0.1, 0.15) is 5.75 Å². The fraction of sp³-hybridized carbons (Fsp3) is 0.294. The summed E-state index contributed by atoms with van der Waals surface area (Å²) in [5.74, 6) is 0.683. The average molecular weight is 330 g/mol. The zero-order chi connectivity index (χ0) is 16.2. The van der Waals surface area contributed by atoms with Crippen molar-refractivity contribution in [3.8, 4) is 5.75 Å². The zero-order valence-electron chi connectivity index (χ0n) is 12.8. The zero-order valence-corrected chi connectivity index (χ0v) is 13.6. The molecule has 1 fully saturated rings. The predicted octanol–water partition coefficient (Wildman–Crippen LogP) is 2.68. The Labute approximate surface area is 138 Å². The summed E-state index contributed by atoms with van der Waals surface area (Å²) in [4.78, 5) is 26.7. The maximum Gasteiger partial charge on any atom is 0.261 e. The van der Waals surface area contributed by atoms with Crippen LogP contribution >= 0.6 is 11.3 Å². The van der Waals surface area contributed by atoms with E-state index in [0.29, 0.717) is 24.4 Å². The number of hydrogen-bond acceptors (Lipinski definition) is 4. The second-order valence-electron chi connectivity index (χ2n) is 5.28. The first kappa shape index (κ1) is 15.6. The van der Waals surface area contributed by atoms with E-state index in [1.165, 1.54) is 11.3 Å². The average Bonchev–Trinajstić information content (AvgIpc) is 3.18. The minimum atomic E-state index is -0.163. The second-order valence-corrected chi connectivity index (χ2v) is 6.23. The van der Waals surface area contributed by atoms with Gasteiger partial charge < -0.3 is 15.0 Å². The van der Waals surface area contributed by atoms with Crippen molar-refractivity contribution in [1.29, 1.82) is 0 Å². The van der Waals surface area contributed by atoms with Gasteiger partial charge in [-0.05, 0) is 42.6 Å². The predicted molar refractivity (Wildman–Crippen MR) is 90.2 cm³/mol. The Morgan fingerprint density at radius 1 is 1.35 bits per heavy atom. The van der Waals surface area contributed by atoms with Gasteiger partial charge in [0.05, 0.1) is 17.5 Å². The van der Waals surface area contributed by atoms with Crippen LogP contribution in [0.2, 0.25) is 0 Å². The van der Waals surface area contributed by atoms with E-state index in [0.717, 1.165) is 11.4 Å². The van der Waals surface area contributed by atoms with Gasteiger partial charge in [0.15, 0.2) is 0 Å². The van der Waals surface area contributed by atoms with Gasteiger partial charge in [-0.25, -0.2) is 0 Å². The molecule has 1 saturated heterocycles. The number of carbonyl (C=O) groups excluding carboxylic acids is 2. The standard InChI is InChI=1S/C17H18N2O3S/c1-2-22-14-7-5-13(6-8-14)19-11-12(10-16(19)20)18-17(21)15-4-3-9-23-15/h3-9,12H,2,10-11H2,1H3,(H,18,21). The van der Waals surface area contributed by atoms with E-state index in [-0.39, 0.29) is 17.9 Å². The van der Waals surface area contributed by atoms with Gasteiger partial charge in [0.2, 0.25) is 5.91 Å². The molecule has 2 heterocycles. The molecule has 1 unspecified atom stereocenters. The van der Waals surface area contributed by atoms with Crippen molar-refractivity contribution in [2.24, 2.45) is 0 Å². The summed E-state index contributed by atoms with van der Waals surface area (Å²) in [6.45, 7) is 3.03. The summed E-state index contributed by atoms with van der Waals surface area (Å²) in [5, 5.41) is 4.79. The maximum atomic E-state index is 12.2. The lowest BCUT2D eigenvalue weighted by Crippen LogP contribution is -2.36. The molecule has 0 bridgehead atoms. The van der Waals surface area contributed by atoms with E-state index in [1.807, 2.05) is 42.6 Å². The molecule has 0 aliphatic carbocycles. The number of nitrogens with zero attached hydrogens (tertiary/aromatic N) is 1. The third kappa shape index (κ3) is 3.53. The highest BCUT2D eigenvalue weighted by molar-refractivity contribution is 7.12. The van der Waals surface area contributed by atoms with Crippen molar-refractivity contribution in [3.05, 3.63) is 46.7 Å². The molecule has 120 valence electrons. The molecule has 1 aliphatic heterocycles. The lowest BCUT2D eigenvalue weighted by atomic mass is 10.2. The lowest BCUT2D eigenvalue weighted by molar-refractivity contribution is -0.117. The molecule has 1 atom stereocenters. The summed E-state index contributed by atoms with van der Waals surface area (Å²) in [5.41, 5.74) is 0.825. The number of thiophene rings is 1. The number of hydrogen-bond donors (Lipinski definition) is 1. The highest BCUT2D eigenvalue weighted by atomic mass is 32.1. The molecule has 5 nitrogen and oxygen atoms in total. The summed E-state index contributed by atoms with van der Waals surface area (Å²) >= 11 is 1.39. The quantitative estimate of drug-likeness (QED) is 0.917. The fourth-order valence-corrected chi connectivity index (χ4v) is 3.23. The summed E-state index contributed by atoms with van der Waals surface area (Å²) in [6, 6.07) is 10.9. The Morgan fingerprint density at radius 3 is 2.78 bits per heavy atom. The molecule has 0 saturated carbocycles. The number of carbonyl (C=O) groups is 2.